The van der Waals surface area contributed by atoms with E-state index in [2.05, 4.69) is 10.2 Å². The molecule has 1 heterocycles. The Bertz CT molecular complexity index is 971. The third kappa shape index (κ3) is 6.00. The van der Waals surface area contributed by atoms with Crippen LogP contribution in [0.5, 0.6) is 11.5 Å². The van der Waals surface area contributed by atoms with E-state index in [1.165, 1.54) is 6.08 Å². The average molecular weight is 421 g/mol. The van der Waals surface area contributed by atoms with Crippen LogP contribution < -0.4 is 19.7 Å². The predicted molar refractivity (Wildman–Crippen MR) is 120 cm³/mol. The van der Waals surface area contributed by atoms with Gasteiger partial charge in [-0.25, -0.2) is 0 Å². The zero-order chi connectivity index (χ0) is 22.2. The van der Waals surface area contributed by atoms with Gasteiger partial charge in [-0.15, -0.1) is 0 Å². The molecular formula is C24H27N3O4. The Morgan fingerprint density at radius 2 is 1.87 bits per heavy atom. The quantitative estimate of drug-likeness (QED) is 0.540. The number of nitriles is 1. The third-order valence-corrected chi connectivity index (χ3v) is 4.73. The van der Waals surface area contributed by atoms with Crippen LogP contribution >= 0.6 is 0 Å². The van der Waals surface area contributed by atoms with Gasteiger partial charge in [0.25, 0.3) is 5.91 Å². The molecule has 1 N–H and O–H groups in total. The number of morpholine rings is 1. The van der Waals surface area contributed by atoms with Crippen molar-refractivity contribution < 1.29 is 19.0 Å². The van der Waals surface area contributed by atoms with Gasteiger partial charge < -0.3 is 24.4 Å². The Morgan fingerprint density at radius 1 is 1.16 bits per heavy atom. The van der Waals surface area contributed by atoms with Crippen molar-refractivity contribution in [3.05, 3.63) is 53.6 Å². The van der Waals surface area contributed by atoms with E-state index >= 15 is 0 Å². The number of carbonyl (C=O) groups excluding carboxylic acids is 1. The topological polar surface area (TPSA) is 83.8 Å². The normalized spacial score (nSPS) is 14.2. The summed E-state index contributed by atoms with van der Waals surface area (Å²) in [4.78, 5) is 14.8. The summed E-state index contributed by atoms with van der Waals surface area (Å²) in [6, 6.07) is 14.8. The number of carbonyl (C=O) groups is 1. The van der Waals surface area contributed by atoms with Crippen molar-refractivity contribution in [1.29, 1.82) is 5.26 Å². The molecular weight excluding hydrogens is 394 g/mol. The summed E-state index contributed by atoms with van der Waals surface area (Å²) in [6.07, 6.45) is 1.53. The standard InChI is InChI=1S/C24H27N3O4/c1-17(2)31-22-9-4-18(15-23(22)29-3)14-19(16-25)24(28)26-20-5-7-21(8-6-20)27-10-12-30-13-11-27/h4-9,14-15,17H,10-13H2,1-3H3,(H,26,28)/b19-14+. The lowest BCUT2D eigenvalue weighted by Crippen LogP contribution is -2.36. The monoisotopic (exact) mass is 421 g/mol. The summed E-state index contributed by atoms with van der Waals surface area (Å²) in [6.45, 7) is 6.97. The lowest BCUT2D eigenvalue weighted by atomic mass is 10.1. The second-order valence-electron chi connectivity index (χ2n) is 7.35. The second-order valence-corrected chi connectivity index (χ2v) is 7.35. The van der Waals surface area contributed by atoms with Crippen LogP contribution in [0.15, 0.2) is 48.0 Å². The van der Waals surface area contributed by atoms with Crippen LogP contribution in [0.1, 0.15) is 19.4 Å². The van der Waals surface area contributed by atoms with Gasteiger partial charge in [0.1, 0.15) is 11.6 Å². The minimum atomic E-state index is -0.469. The summed E-state index contributed by atoms with van der Waals surface area (Å²) in [7, 11) is 1.55. The highest BCUT2D eigenvalue weighted by atomic mass is 16.5. The molecule has 2 aromatic carbocycles. The fourth-order valence-corrected chi connectivity index (χ4v) is 3.22. The maximum absolute atomic E-state index is 12.6. The largest absolute Gasteiger partial charge is 0.493 e. The molecule has 0 aromatic heterocycles. The maximum Gasteiger partial charge on any atom is 0.266 e. The molecule has 0 unspecified atom stereocenters. The molecule has 0 spiro atoms. The van der Waals surface area contributed by atoms with E-state index in [9.17, 15) is 10.1 Å². The fourth-order valence-electron chi connectivity index (χ4n) is 3.22. The average Bonchev–Trinajstić information content (AvgIpc) is 2.79. The first-order valence-corrected chi connectivity index (χ1v) is 10.2. The zero-order valence-corrected chi connectivity index (χ0v) is 18.1. The van der Waals surface area contributed by atoms with Gasteiger partial charge in [-0.2, -0.15) is 5.26 Å². The van der Waals surface area contributed by atoms with Crippen LogP contribution in [-0.4, -0.2) is 45.4 Å². The number of rotatable bonds is 7. The minimum absolute atomic E-state index is 0.00293. The number of nitrogens with one attached hydrogen (secondary N) is 1. The molecule has 1 aliphatic heterocycles. The second kappa shape index (κ2) is 10.5. The van der Waals surface area contributed by atoms with Gasteiger partial charge in [0.2, 0.25) is 0 Å². The van der Waals surface area contributed by atoms with E-state index in [-0.39, 0.29) is 11.7 Å². The first-order valence-electron chi connectivity index (χ1n) is 10.2. The Morgan fingerprint density at radius 3 is 2.48 bits per heavy atom. The molecule has 0 atom stereocenters. The molecule has 1 amide bonds. The van der Waals surface area contributed by atoms with Gasteiger partial charge in [0, 0.05) is 24.5 Å². The van der Waals surface area contributed by atoms with Crippen molar-refractivity contribution >= 4 is 23.4 Å². The van der Waals surface area contributed by atoms with E-state index in [4.69, 9.17) is 14.2 Å². The van der Waals surface area contributed by atoms with Gasteiger partial charge in [0.15, 0.2) is 11.5 Å². The number of hydrogen-bond donors (Lipinski definition) is 1. The molecule has 3 rings (SSSR count). The lowest BCUT2D eigenvalue weighted by Gasteiger charge is -2.28. The highest BCUT2D eigenvalue weighted by Gasteiger charge is 2.14. The van der Waals surface area contributed by atoms with Gasteiger partial charge in [-0.3, -0.25) is 4.79 Å². The number of methoxy groups -OCH3 is 1. The van der Waals surface area contributed by atoms with E-state index in [0.717, 1.165) is 18.8 Å². The molecule has 0 aliphatic carbocycles. The molecule has 7 heteroatoms. The molecule has 0 radical (unpaired) electrons. The maximum atomic E-state index is 12.6. The summed E-state index contributed by atoms with van der Waals surface area (Å²) >= 11 is 0. The van der Waals surface area contributed by atoms with Crippen molar-refractivity contribution in [2.24, 2.45) is 0 Å². The third-order valence-electron chi connectivity index (χ3n) is 4.73. The highest BCUT2D eigenvalue weighted by Crippen LogP contribution is 2.30. The summed E-state index contributed by atoms with van der Waals surface area (Å²) in [5.74, 6) is 0.680. The van der Waals surface area contributed by atoms with Crippen LogP contribution in [0.3, 0.4) is 0 Å². The zero-order valence-electron chi connectivity index (χ0n) is 18.1. The van der Waals surface area contributed by atoms with Gasteiger partial charge in [0.05, 0.1) is 26.4 Å². The van der Waals surface area contributed by atoms with Crippen molar-refractivity contribution in [2.75, 3.05) is 43.6 Å². The van der Waals surface area contributed by atoms with E-state index in [0.29, 0.717) is 36.0 Å². The van der Waals surface area contributed by atoms with Crippen molar-refractivity contribution in [1.82, 2.24) is 0 Å². The summed E-state index contributed by atoms with van der Waals surface area (Å²) in [5.41, 5.74) is 2.37. The number of nitrogens with zero attached hydrogens (tertiary/aromatic N) is 2. The van der Waals surface area contributed by atoms with E-state index in [1.54, 1.807) is 25.3 Å². The van der Waals surface area contributed by atoms with Crippen LogP contribution in [0, 0.1) is 11.3 Å². The van der Waals surface area contributed by atoms with Gasteiger partial charge in [-0.05, 0) is 61.9 Å². The number of benzene rings is 2. The number of ether oxygens (including phenoxy) is 3. The SMILES string of the molecule is COc1cc(/C=C(\C#N)C(=O)Nc2ccc(N3CCOCC3)cc2)ccc1OC(C)C. The Kier molecular flexibility index (Phi) is 7.52. The fraction of sp³-hybridized carbons (Fsp3) is 0.333. The first kappa shape index (κ1) is 22.2. The van der Waals surface area contributed by atoms with Crippen LogP contribution in [0.25, 0.3) is 6.08 Å². The molecule has 2 aromatic rings. The molecule has 31 heavy (non-hydrogen) atoms. The summed E-state index contributed by atoms with van der Waals surface area (Å²) in [5, 5.41) is 12.3. The van der Waals surface area contributed by atoms with E-state index < -0.39 is 5.91 Å². The Balaban J connectivity index is 1.71. The Hall–Kier alpha value is -3.50. The number of amides is 1. The molecule has 7 nitrogen and oxygen atoms in total. The van der Waals surface area contributed by atoms with Gasteiger partial charge >= 0.3 is 0 Å². The molecule has 1 saturated heterocycles. The van der Waals surface area contributed by atoms with Crippen LogP contribution in [0.4, 0.5) is 11.4 Å². The highest BCUT2D eigenvalue weighted by molar-refractivity contribution is 6.09. The Labute approximate surface area is 182 Å². The van der Waals surface area contributed by atoms with Crippen molar-refractivity contribution in [3.63, 3.8) is 0 Å². The van der Waals surface area contributed by atoms with Crippen molar-refractivity contribution in [2.45, 2.75) is 20.0 Å². The lowest BCUT2D eigenvalue weighted by molar-refractivity contribution is -0.112. The first-order chi connectivity index (χ1) is 15.0. The number of hydrogen-bond acceptors (Lipinski definition) is 6. The summed E-state index contributed by atoms with van der Waals surface area (Å²) < 4.78 is 16.4. The van der Waals surface area contributed by atoms with E-state index in [1.807, 2.05) is 44.2 Å². The predicted octanol–water partition coefficient (Wildman–Crippen LogP) is 3.86. The molecule has 162 valence electrons. The smallest absolute Gasteiger partial charge is 0.266 e. The molecule has 1 fully saturated rings. The molecule has 0 bridgehead atoms. The minimum Gasteiger partial charge on any atom is -0.493 e. The van der Waals surface area contributed by atoms with Crippen LogP contribution in [0.2, 0.25) is 0 Å². The van der Waals surface area contributed by atoms with Crippen molar-refractivity contribution in [3.8, 4) is 17.6 Å². The van der Waals surface area contributed by atoms with Crippen LogP contribution in [-0.2, 0) is 9.53 Å². The molecule has 0 saturated carbocycles. The number of anilines is 2. The molecule has 1 aliphatic rings. The van der Waals surface area contributed by atoms with Gasteiger partial charge in [-0.1, -0.05) is 6.07 Å².